The van der Waals surface area contributed by atoms with Crippen molar-refractivity contribution in [3.8, 4) is 0 Å². The van der Waals surface area contributed by atoms with Crippen LogP contribution in [-0.4, -0.2) is 18.8 Å². The molecule has 0 saturated heterocycles. The van der Waals surface area contributed by atoms with Crippen LogP contribution in [-0.2, 0) is 19.8 Å². The molecule has 0 aromatic rings. The highest BCUT2D eigenvalue weighted by atomic mass is 32.8. The van der Waals surface area contributed by atoms with Gasteiger partial charge < -0.3 is 0 Å². The normalized spacial score (nSPS) is 15.0. The summed E-state index contributed by atoms with van der Waals surface area (Å²) in [6.07, 6.45) is 6.34. The van der Waals surface area contributed by atoms with Gasteiger partial charge in [-0.1, -0.05) is 11.2 Å². The highest BCUT2D eigenvalue weighted by molar-refractivity contribution is 8.39. The molecule has 0 nitrogen and oxygen atoms in total. The van der Waals surface area contributed by atoms with E-state index in [1.807, 2.05) is 0 Å². The lowest BCUT2D eigenvalue weighted by molar-refractivity contribution is 2.17. The minimum absolute atomic E-state index is 0.806. The molecule has 2 heteroatoms. The maximum absolute atomic E-state index is 4.94. The van der Waals surface area contributed by atoms with Crippen molar-refractivity contribution >= 4 is 19.8 Å². The smallest absolute Gasteiger partial charge is 0.0321 e. The van der Waals surface area contributed by atoms with Crippen LogP contribution in [0.5, 0.6) is 0 Å². The first kappa shape index (κ1) is 5.57. The van der Waals surface area contributed by atoms with Crippen LogP contribution >= 0.6 is 0 Å². The third kappa shape index (κ3) is 92.9. The van der Waals surface area contributed by atoms with Gasteiger partial charge in [-0.25, -0.2) is 8.59 Å². The molecule has 0 aromatic heterocycles. The maximum atomic E-state index is 4.94. The number of hydrogen-bond acceptors (Lipinski definition) is 1. The van der Waals surface area contributed by atoms with Crippen LogP contribution in [0.1, 0.15) is 0 Å². The van der Waals surface area contributed by atoms with Crippen LogP contribution in [0.25, 0.3) is 0 Å². The van der Waals surface area contributed by atoms with Gasteiger partial charge in [0.2, 0.25) is 0 Å². The van der Waals surface area contributed by atoms with Crippen LogP contribution in [0.2, 0.25) is 0 Å². The second-order valence-electron chi connectivity index (χ2n) is 1.89. The van der Waals surface area contributed by atoms with E-state index in [0.717, 1.165) is 0 Å². The van der Waals surface area contributed by atoms with E-state index in [1.165, 1.54) is 0 Å². The molecule has 0 spiro atoms. The lowest BCUT2D eigenvalue weighted by Crippen LogP contribution is -1.96. The standard InChI is InChI=1S/C3H10S2/c1-5(2,3)4/h5H,1-3H3. The summed E-state index contributed by atoms with van der Waals surface area (Å²) in [5.74, 6) is 0. The molecule has 5 heavy (non-hydrogen) atoms. The fraction of sp³-hybridized carbons (Fsp3) is 1.00. The predicted molar refractivity (Wildman–Crippen MR) is 33.9 cm³/mol. The van der Waals surface area contributed by atoms with E-state index in [1.54, 1.807) is 0 Å². The summed E-state index contributed by atoms with van der Waals surface area (Å²) in [7, 11) is -0.806. The van der Waals surface area contributed by atoms with Gasteiger partial charge in [0.15, 0.2) is 0 Å². The predicted octanol–water partition coefficient (Wildman–Crippen LogP) is 0.224. The third-order valence-corrected chi connectivity index (χ3v) is 0. The van der Waals surface area contributed by atoms with Crippen LogP contribution in [0, 0.1) is 0 Å². The van der Waals surface area contributed by atoms with E-state index in [2.05, 4.69) is 18.8 Å². The largest absolute Gasteiger partial charge is 0.214 e. The van der Waals surface area contributed by atoms with Crippen molar-refractivity contribution in [2.45, 2.75) is 0 Å². The Morgan fingerprint density at radius 1 is 1.20 bits per heavy atom. The Morgan fingerprint density at radius 2 is 1.20 bits per heavy atom. The lowest BCUT2D eigenvalue weighted by Gasteiger charge is -2.00. The van der Waals surface area contributed by atoms with E-state index in [0.29, 0.717) is 0 Å². The van der Waals surface area contributed by atoms with E-state index < -0.39 is 8.59 Å². The Balaban J connectivity index is 3.47. The monoisotopic (exact) mass is 110 g/mol. The van der Waals surface area contributed by atoms with Crippen LogP contribution < -0.4 is 0 Å². The third-order valence-electron chi connectivity index (χ3n) is 0. The quantitative estimate of drug-likeness (QED) is 0.435. The Labute approximate surface area is 39.1 Å². The van der Waals surface area contributed by atoms with Gasteiger partial charge in [-0.2, -0.15) is 0 Å². The minimum atomic E-state index is -0.806. The molecule has 0 radical (unpaired) electrons. The van der Waals surface area contributed by atoms with E-state index >= 15 is 0 Å². The zero-order valence-corrected chi connectivity index (χ0v) is 5.57. The zero-order chi connectivity index (χ0) is 4.50. The SMILES string of the molecule is C[SH](C)(C)=S. The molecule has 0 aliphatic heterocycles. The summed E-state index contributed by atoms with van der Waals surface area (Å²) in [6.45, 7) is 0. The number of thiol groups is 1. The van der Waals surface area contributed by atoms with Crippen molar-refractivity contribution in [1.29, 1.82) is 0 Å². The molecule has 0 heterocycles. The Morgan fingerprint density at radius 3 is 1.20 bits per heavy atom. The van der Waals surface area contributed by atoms with Gasteiger partial charge in [-0.3, -0.25) is 0 Å². The summed E-state index contributed by atoms with van der Waals surface area (Å²) < 4.78 is 0. The van der Waals surface area contributed by atoms with Gasteiger partial charge in [0.1, 0.15) is 0 Å². The van der Waals surface area contributed by atoms with Gasteiger partial charge in [0.05, 0.1) is 0 Å². The van der Waals surface area contributed by atoms with Crippen LogP contribution in [0.3, 0.4) is 0 Å². The minimum Gasteiger partial charge on any atom is -0.214 e. The van der Waals surface area contributed by atoms with Crippen molar-refractivity contribution in [1.82, 2.24) is 0 Å². The zero-order valence-electron chi connectivity index (χ0n) is 3.86. The molecule has 0 amide bonds. The van der Waals surface area contributed by atoms with Crippen LogP contribution in [0.15, 0.2) is 0 Å². The molecule has 0 saturated carbocycles. The molecule has 0 aromatic carbocycles. The average molecular weight is 110 g/mol. The molecule has 0 aliphatic carbocycles. The maximum Gasteiger partial charge on any atom is -0.0321 e. The van der Waals surface area contributed by atoms with Gasteiger partial charge in [0.25, 0.3) is 0 Å². The summed E-state index contributed by atoms with van der Waals surface area (Å²) in [5.41, 5.74) is 0. The first-order valence-electron chi connectivity index (χ1n) is 1.52. The highest BCUT2D eigenvalue weighted by Gasteiger charge is 1.75. The summed E-state index contributed by atoms with van der Waals surface area (Å²) in [5, 5.41) is 0. The molecule has 0 unspecified atom stereocenters. The molecular formula is C3H10S2. The second kappa shape index (κ2) is 1.35. The van der Waals surface area contributed by atoms with Crippen molar-refractivity contribution < 1.29 is 0 Å². The van der Waals surface area contributed by atoms with Gasteiger partial charge in [-0.05, 0) is 18.8 Å². The lowest BCUT2D eigenvalue weighted by atomic mass is 11.9. The van der Waals surface area contributed by atoms with Crippen molar-refractivity contribution in [3.05, 3.63) is 0 Å². The van der Waals surface area contributed by atoms with E-state index in [4.69, 9.17) is 11.2 Å². The summed E-state index contributed by atoms with van der Waals surface area (Å²) in [6, 6.07) is 0. The van der Waals surface area contributed by atoms with Gasteiger partial charge >= 0.3 is 0 Å². The first-order valence-corrected chi connectivity index (χ1v) is 5.67. The average Bonchev–Trinajstić information content (AvgIpc) is 0.722. The molecule has 0 rings (SSSR count). The van der Waals surface area contributed by atoms with Crippen molar-refractivity contribution in [2.75, 3.05) is 18.8 Å². The Bertz CT molecular complexity index is 51.0. The Hall–Kier alpha value is 0.570. The van der Waals surface area contributed by atoms with Gasteiger partial charge in [-0.15, -0.1) is 0 Å². The topological polar surface area (TPSA) is 0 Å². The highest BCUT2D eigenvalue weighted by Crippen LogP contribution is 1.79. The molecule has 0 aliphatic rings. The fourth-order valence-corrected chi connectivity index (χ4v) is 0. The fourth-order valence-electron chi connectivity index (χ4n) is 0. The molecule has 0 fully saturated rings. The van der Waals surface area contributed by atoms with Crippen molar-refractivity contribution in [2.24, 2.45) is 0 Å². The number of rotatable bonds is 0. The summed E-state index contributed by atoms with van der Waals surface area (Å²) >= 11 is 4.94. The van der Waals surface area contributed by atoms with Gasteiger partial charge in [0, 0.05) is 0 Å². The number of hydrogen-bond donors (Lipinski definition) is 1. The van der Waals surface area contributed by atoms with E-state index in [9.17, 15) is 0 Å². The molecule has 0 atom stereocenters. The van der Waals surface area contributed by atoms with E-state index in [-0.39, 0.29) is 0 Å². The Kier molecular flexibility index (Phi) is 1.50. The molecule has 0 bridgehead atoms. The van der Waals surface area contributed by atoms with Crippen molar-refractivity contribution in [3.63, 3.8) is 0 Å². The molecule has 34 valence electrons. The van der Waals surface area contributed by atoms with Crippen LogP contribution in [0.4, 0.5) is 0 Å². The summed E-state index contributed by atoms with van der Waals surface area (Å²) in [4.78, 5) is 0. The molecular weight excluding hydrogens is 100 g/mol. The molecule has 0 N–H and O–H groups in total. The first-order chi connectivity index (χ1) is 2.00. The second-order valence-corrected chi connectivity index (χ2v) is 8.95.